The zero-order chi connectivity index (χ0) is 12.4. The van der Waals surface area contributed by atoms with Crippen LogP contribution >= 0.6 is 0 Å². The van der Waals surface area contributed by atoms with Gasteiger partial charge in [-0.05, 0) is 31.2 Å². The molecule has 1 heterocycles. The number of hydrogen-bond donors (Lipinski definition) is 2. The Kier molecular flexibility index (Phi) is 2.82. The molecule has 0 bridgehead atoms. The zero-order valence-electron chi connectivity index (χ0n) is 9.77. The van der Waals surface area contributed by atoms with Crippen LogP contribution in [0.1, 0.15) is 16.3 Å². The van der Waals surface area contributed by atoms with Crippen LogP contribution in [-0.4, -0.2) is 15.5 Å². The fourth-order valence-electron chi connectivity index (χ4n) is 1.58. The molecular weight excluding hydrogens is 216 g/mol. The van der Waals surface area contributed by atoms with Crippen LogP contribution < -0.4 is 11.1 Å². The van der Waals surface area contributed by atoms with Gasteiger partial charge < -0.3 is 15.6 Å². The molecule has 1 aromatic carbocycles. The predicted octanol–water partition coefficient (Wildman–Crippen LogP) is 1.56. The van der Waals surface area contributed by atoms with Gasteiger partial charge in [-0.3, -0.25) is 4.79 Å². The molecule has 17 heavy (non-hydrogen) atoms. The number of nitrogen functional groups attached to an aromatic ring is 1. The van der Waals surface area contributed by atoms with Crippen molar-refractivity contribution in [2.45, 2.75) is 6.92 Å². The molecule has 1 amide bonds. The lowest BCUT2D eigenvalue weighted by Crippen LogP contribution is -2.16. The molecule has 2 rings (SSSR count). The molecule has 1 aromatic heterocycles. The number of nitrogens with zero attached hydrogens (tertiary/aromatic N) is 2. The number of benzene rings is 1. The summed E-state index contributed by atoms with van der Waals surface area (Å²) < 4.78 is 1.70. The molecule has 0 atom stereocenters. The third kappa shape index (κ3) is 2.44. The van der Waals surface area contributed by atoms with Crippen LogP contribution in [0.15, 0.2) is 30.5 Å². The van der Waals surface area contributed by atoms with E-state index in [2.05, 4.69) is 10.3 Å². The Bertz CT molecular complexity index is 542. The molecule has 5 heteroatoms. The van der Waals surface area contributed by atoms with Gasteiger partial charge in [0.25, 0.3) is 5.91 Å². The van der Waals surface area contributed by atoms with E-state index in [1.807, 2.05) is 6.92 Å². The largest absolute Gasteiger partial charge is 0.399 e. The first-order valence-corrected chi connectivity index (χ1v) is 5.23. The molecule has 2 aromatic rings. The Morgan fingerprint density at radius 3 is 2.53 bits per heavy atom. The minimum atomic E-state index is -0.231. The predicted molar refractivity (Wildman–Crippen MR) is 66.8 cm³/mol. The number of aryl methyl sites for hydroxylation is 2. The number of hydrogen-bond acceptors (Lipinski definition) is 3. The van der Waals surface area contributed by atoms with Crippen molar-refractivity contribution in [3.8, 4) is 0 Å². The van der Waals surface area contributed by atoms with E-state index in [1.54, 1.807) is 42.1 Å². The molecule has 0 unspecified atom stereocenters. The maximum atomic E-state index is 11.9. The Morgan fingerprint density at radius 1 is 1.35 bits per heavy atom. The number of anilines is 2. The molecule has 0 radical (unpaired) electrons. The van der Waals surface area contributed by atoms with E-state index in [9.17, 15) is 4.79 Å². The maximum Gasteiger partial charge on any atom is 0.291 e. The van der Waals surface area contributed by atoms with Crippen LogP contribution in [0.3, 0.4) is 0 Å². The summed E-state index contributed by atoms with van der Waals surface area (Å²) in [6.07, 6.45) is 1.80. The number of imidazole rings is 1. The average Bonchev–Trinajstić information content (AvgIpc) is 2.61. The van der Waals surface area contributed by atoms with Gasteiger partial charge in [-0.2, -0.15) is 0 Å². The fraction of sp³-hybridized carbons (Fsp3) is 0.167. The molecule has 5 nitrogen and oxygen atoms in total. The van der Waals surface area contributed by atoms with Gasteiger partial charge in [0.2, 0.25) is 0 Å². The summed E-state index contributed by atoms with van der Waals surface area (Å²) in [5, 5.41) is 2.76. The van der Waals surface area contributed by atoms with Crippen molar-refractivity contribution < 1.29 is 4.79 Å². The summed E-state index contributed by atoms with van der Waals surface area (Å²) >= 11 is 0. The van der Waals surface area contributed by atoms with E-state index in [0.717, 1.165) is 5.69 Å². The summed E-state index contributed by atoms with van der Waals surface area (Å²) in [4.78, 5) is 16.1. The van der Waals surface area contributed by atoms with E-state index in [4.69, 9.17) is 5.73 Å². The van der Waals surface area contributed by atoms with E-state index in [0.29, 0.717) is 17.2 Å². The third-order valence-electron chi connectivity index (χ3n) is 2.37. The topological polar surface area (TPSA) is 72.9 Å². The lowest BCUT2D eigenvalue weighted by molar-refractivity contribution is 0.101. The lowest BCUT2D eigenvalue weighted by atomic mass is 10.3. The van der Waals surface area contributed by atoms with Crippen LogP contribution in [0.25, 0.3) is 0 Å². The number of nitrogens with two attached hydrogens (primary N) is 1. The first-order chi connectivity index (χ1) is 8.06. The second-order valence-electron chi connectivity index (χ2n) is 3.89. The molecule has 0 saturated carbocycles. The number of aromatic nitrogens is 2. The van der Waals surface area contributed by atoms with Gasteiger partial charge in [0.05, 0.1) is 5.69 Å². The molecule has 0 aliphatic heterocycles. The second kappa shape index (κ2) is 4.29. The van der Waals surface area contributed by atoms with Crippen molar-refractivity contribution in [2.24, 2.45) is 7.05 Å². The van der Waals surface area contributed by atoms with Gasteiger partial charge in [-0.25, -0.2) is 4.98 Å². The first kappa shape index (κ1) is 11.2. The summed E-state index contributed by atoms with van der Waals surface area (Å²) in [5.74, 6) is 0.157. The summed E-state index contributed by atoms with van der Waals surface area (Å²) in [5.41, 5.74) is 7.74. The molecule has 0 spiro atoms. The molecule has 0 fully saturated rings. The van der Waals surface area contributed by atoms with Crippen molar-refractivity contribution in [1.29, 1.82) is 0 Å². The Balaban J connectivity index is 2.17. The van der Waals surface area contributed by atoms with Crippen LogP contribution in [0.4, 0.5) is 11.4 Å². The monoisotopic (exact) mass is 230 g/mol. The SMILES string of the molecule is Cc1cn(C)c(C(=O)Nc2ccc(N)cc2)n1. The maximum absolute atomic E-state index is 11.9. The van der Waals surface area contributed by atoms with Gasteiger partial charge in [0.15, 0.2) is 5.82 Å². The average molecular weight is 230 g/mol. The highest BCUT2D eigenvalue weighted by Crippen LogP contribution is 2.11. The first-order valence-electron chi connectivity index (χ1n) is 5.23. The van der Waals surface area contributed by atoms with Gasteiger partial charge in [-0.1, -0.05) is 0 Å². The van der Waals surface area contributed by atoms with Crippen molar-refractivity contribution in [2.75, 3.05) is 11.1 Å². The minimum absolute atomic E-state index is 0.231. The van der Waals surface area contributed by atoms with Crippen LogP contribution in [0, 0.1) is 6.92 Å². The lowest BCUT2D eigenvalue weighted by Gasteiger charge is -2.05. The number of carbonyl (C=O) groups excluding carboxylic acids is 1. The molecule has 0 aliphatic rings. The van der Waals surface area contributed by atoms with Crippen molar-refractivity contribution >= 4 is 17.3 Å². The highest BCUT2D eigenvalue weighted by atomic mass is 16.2. The summed E-state index contributed by atoms with van der Waals surface area (Å²) in [6, 6.07) is 6.98. The summed E-state index contributed by atoms with van der Waals surface area (Å²) in [6.45, 7) is 1.85. The quantitative estimate of drug-likeness (QED) is 0.769. The number of nitrogens with one attached hydrogen (secondary N) is 1. The number of carbonyl (C=O) groups is 1. The van der Waals surface area contributed by atoms with E-state index >= 15 is 0 Å². The van der Waals surface area contributed by atoms with Gasteiger partial charge in [0.1, 0.15) is 0 Å². The Hall–Kier alpha value is -2.30. The standard InChI is InChI=1S/C12H14N4O/c1-8-7-16(2)11(14-8)12(17)15-10-5-3-9(13)4-6-10/h3-7H,13H2,1-2H3,(H,15,17). The molecular formula is C12H14N4O. The highest BCUT2D eigenvalue weighted by molar-refractivity contribution is 6.01. The Labute approximate surface area is 99.3 Å². The highest BCUT2D eigenvalue weighted by Gasteiger charge is 2.12. The van der Waals surface area contributed by atoms with Gasteiger partial charge in [0, 0.05) is 24.6 Å². The summed E-state index contributed by atoms with van der Waals surface area (Å²) in [7, 11) is 1.79. The van der Waals surface area contributed by atoms with E-state index in [-0.39, 0.29) is 5.91 Å². The van der Waals surface area contributed by atoms with Gasteiger partial charge in [-0.15, -0.1) is 0 Å². The minimum Gasteiger partial charge on any atom is -0.399 e. The molecule has 3 N–H and O–H groups in total. The van der Waals surface area contributed by atoms with Crippen molar-refractivity contribution in [3.63, 3.8) is 0 Å². The molecule has 0 aliphatic carbocycles. The van der Waals surface area contributed by atoms with Crippen LogP contribution in [0.2, 0.25) is 0 Å². The van der Waals surface area contributed by atoms with E-state index in [1.165, 1.54) is 0 Å². The van der Waals surface area contributed by atoms with Crippen LogP contribution in [-0.2, 0) is 7.05 Å². The second-order valence-corrected chi connectivity index (χ2v) is 3.89. The van der Waals surface area contributed by atoms with Gasteiger partial charge >= 0.3 is 0 Å². The molecule has 0 saturated heterocycles. The number of rotatable bonds is 2. The fourth-order valence-corrected chi connectivity index (χ4v) is 1.58. The van der Waals surface area contributed by atoms with Crippen LogP contribution in [0.5, 0.6) is 0 Å². The van der Waals surface area contributed by atoms with E-state index < -0.39 is 0 Å². The zero-order valence-corrected chi connectivity index (χ0v) is 9.77. The normalized spacial score (nSPS) is 10.2. The Morgan fingerprint density at radius 2 is 2.00 bits per heavy atom. The van der Waals surface area contributed by atoms with Crippen molar-refractivity contribution in [1.82, 2.24) is 9.55 Å². The van der Waals surface area contributed by atoms with Crippen molar-refractivity contribution in [3.05, 3.63) is 42.0 Å². The third-order valence-corrected chi connectivity index (χ3v) is 2.37. The number of amides is 1. The smallest absolute Gasteiger partial charge is 0.291 e. The molecule has 88 valence electrons.